The maximum atomic E-state index is 5.15. The number of nitrogens with zero attached hydrogens (tertiary/aromatic N) is 1. The largest absolute Gasteiger partial charge is 0.302 e. The number of piperidine rings is 1. The van der Waals surface area contributed by atoms with E-state index in [2.05, 4.69) is 24.2 Å². The van der Waals surface area contributed by atoms with E-state index in [1.165, 1.54) is 32.2 Å². The van der Waals surface area contributed by atoms with E-state index in [1.807, 2.05) is 7.05 Å². The molecule has 1 unspecified atom stereocenters. The lowest BCUT2D eigenvalue weighted by Crippen LogP contribution is -2.43. The van der Waals surface area contributed by atoms with Gasteiger partial charge < -0.3 is 4.84 Å². The minimum Gasteiger partial charge on any atom is -0.302 e. The lowest BCUT2D eigenvalue weighted by molar-refractivity contribution is 0.0435. The van der Waals surface area contributed by atoms with Gasteiger partial charge >= 0.3 is 0 Å². The van der Waals surface area contributed by atoms with Crippen LogP contribution >= 0.6 is 0 Å². The van der Waals surface area contributed by atoms with Crippen molar-refractivity contribution in [3.8, 4) is 0 Å². The predicted molar refractivity (Wildman–Crippen MR) is 63.7 cm³/mol. The minimum absolute atomic E-state index is 0.695. The van der Waals surface area contributed by atoms with Gasteiger partial charge in [0, 0.05) is 19.1 Å². The highest BCUT2D eigenvalue weighted by atomic mass is 16.6. The van der Waals surface area contributed by atoms with Crippen molar-refractivity contribution in [2.45, 2.75) is 58.0 Å². The van der Waals surface area contributed by atoms with Crippen molar-refractivity contribution in [1.82, 2.24) is 10.4 Å². The minimum atomic E-state index is 0.695. The van der Waals surface area contributed by atoms with Crippen LogP contribution in [0.25, 0.3) is 0 Å². The van der Waals surface area contributed by atoms with Gasteiger partial charge in [-0.1, -0.05) is 6.42 Å². The smallest absolute Gasteiger partial charge is 0.0682 e. The molecule has 0 aromatic carbocycles. The Labute approximate surface area is 94.1 Å². The molecule has 0 amide bonds. The van der Waals surface area contributed by atoms with Crippen LogP contribution in [0.5, 0.6) is 0 Å². The molecule has 3 nitrogen and oxygen atoms in total. The summed E-state index contributed by atoms with van der Waals surface area (Å²) in [5, 5.41) is 0. The Hall–Kier alpha value is -0.120. The van der Waals surface area contributed by atoms with Gasteiger partial charge in [-0.3, -0.25) is 4.90 Å². The van der Waals surface area contributed by atoms with Crippen LogP contribution in [0.1, 0.15) is 46.0 Å². The van der Waals surface area contributed by atoms with Crippen molar-refractivity contribution in [3.63, 3.8) is 0 Å². The van der Waals surface area contributed by atoms with Crippen LogP contribution in [0.3, 0.4) is 0 Å². The summed E-state index contributed by atoms with van der Waals surface area (Å²) in [5.74, 6) is 0. The van der Waals surface area contributed by atoms with Crippen molar-refractivity contribution in [2.75, 3.05) is 20.2 Å². The molecule has 0 saturated carbocycles. The molecule has 0 bridgehead atoms. The number of hydroxylamine groups is 1. The fourth-order valence-corrected chi connectivity index (χ4v) is 2.51. The standard InChI is InChI=1S/C12H26N2O/c1-11(2)14-9-5-4-7-12(14)8-6-10-15-13-3/h11-13H,4-10H2,1-3H3. The second-order valence-corrected chi connectivity index (χ2v) is 4.68. The highest BCUT2D eigenvalue weighted by Crippen LogP contribution is 2.22. The first-order valence-electron chi connectivity index (χ1n) is 6.30. The number of rotatable bonds is 6. The lowest BCUT2D eigenvalue weighted by atomic mass is 9.97. The molecule has 0 aliphatic carbocycles. The average molecular weight is 214 g/mol. The number of likely N-dealkylation sites (tertiary alicyclic amines) is 1. The summed E-state index contributed by atoms with van der Waals surface area (Å²) >= 11 is 0. The molecule has 1 aliphatic heterocycles. The first-order chi connectivity index (χ1) is 7.25. The van der Waals surface area contributed by atoms with Crippen LogP contribution in [-0.4, -0.2) is 37.2 Å². The molecule has 1 saturated heterocycles. The van der Waals surface area contributed by atoms with Crippen molar-refractivity contribution >= 4 is 0 Å². The molecule has 3 heteroatoms. The van der Waals surface area contributed by atoms with E-state index in [0.717, 1.165) is 19.1 Å². The fourth-order valence-electron chi connectivity index (χ4n) is 2.51. The second kappa shape index (κ2) is 7.20. The van der Waals surface area contributed by atoms with Crippen LogP contribution in [0.15, 0.2) is 0 Å². The summed E-state index contributed by atoms with van der Waals surface area (Å²) in [5.41, 5.74) is 2.73. The van der Waals surface area contributed by atoms with Crippen LogP contribution in [0.2, 0.25) is 0 Å². The maximum Gasteiger partial charge on any atom is 0.0682 e. The van der Waals surface area contributed by atoms with Gasteiger partial charge in [0.15, 0.2) is 0 Å². The van der Waals surface area contributed by atoms with E-state index in [4.69, 9.17) is 4.84 Å². The number of hydrogen-bond donors (Lipinski definition) is 1. The molecule has 0 aromatic rings. The summed E-state index contributed by atoms with van der Waals surface area (Å²) in [4.78, 5) is 7.81. The Morgan fingerprint density at radius 2 is 2.20 bits per heavy atom. The summed E-state index contributed by atoms with van der Waals surface area (Å²) in [6.45, 7) is 6.74. The van der Waals surface area contributed by atoms with E-state index in [1.54, 1.807) is 0 Å². The third-order valence-corrected chi connectivity index (χ3v) is 3.26. The predicted octanol–water partition coefficient (Wildman–Crippen LogP) is 2.18. The first-order valence-corrected chi connectivity index (χ1v) is 6.30. The molecule has 0 radical (unpaired) electrons. The maximum absolute atomic E-state index is 5.15. The van der Waals surface area contributed by atoms with Gasteiger partial charge in [-0.05, 0) is 46.1 Å². The SMILES string of the molecule is CNOCCCC1CCCCN1C(C)C. The van der Waals surface area contributed by atoms with E-state index >= 15 is 0 Å². The molecule has 1 heterocycles. The highest BCUT2D eigenvalue weighted by Gasteiger charge is 2.23. The van der Waals surface area contributed by atoms with Gasteiger partial charge in [0.05, 0.1) is 6.61 Å². The van der Waals surface area contributed by atoms with Crippen LogP contribution < -0.4 is 5.48 Å². The van der Waals surface area contributed by atoms with Gasteiger partial charge in [-0.2, -0.15) is 0 Å². The zero-order valence-electron chi connectivity index (χ0n) is 10.5. The van der Waals surface area contributed by atoms with Gasteiger partial charge in [-0.25, -0.2) is 5.48 Å². The van der Waals surface area contributed by atoms with Gasteiger partial charge in [-0.15, -0.1) is 0 Å². The van der Waals surface area contributed by atoms with Gasteiger partial charge in [0.1, 0.15) is 0 Å². The fraction of sp³-hybridized carbons (Fsp3) is 1.00. The van der Waals surface area contributed by atoms with Gasteiger partial charge in [0.25, 0.3) is 0 Å². The van der Waals surface area contributed by atoms with Crippen LogP contribution in [-0.2, 0) is 4.84 Å². The molecule has 1 fully saturated rings. The Morgan fingerprint density at radius 1 is 1.40 bits per heavy atom. The zero-order valence-corrected chi connectivity index (χ0v) is 10.5. The summed E-state index contributed by atoms with van der Waals surface area (Å²) in [7, 11) is 1.82. The van der Waals surface area contributed by atoms with Crippen molar-refractivity contribution in [1.29, 1.82) is 0 Å². The van der Waals surface area contributed by atoms with E-state index < -0.39 is 0 Å². The monoisotopic (exact) mass is 214 g/mol. The summed E-state index contributed by atoms with van der Waals surface area (Å²) in [6.07, 6.45) is 6.59. The van der Waals surface area contributed by atoms with Gasteiger partial charge in [0.2, 0.25) is 0 Å². The summed E-state index contributed by atoms with van der Waals surface area (Å²) in [6, 6.07) is 1.49. The average Bonchev–Trinajstić information content (AvgIpc) is 2.25. The number of nitrogens with one attached hydrogen (secondary N) is 1. The lowest BCUT2D eigenvalue weighted by Gasteiger charge is -2.38. The second-order valence-electron chi connectivity index (χ2n) is 4.68. The molecule has 1 atom stereocenters. The number of hydrogen-bond acceptors (Lipinski definition) is 3. The summed E-state index contributed by atoms with van der Waals surface area (Å²) < 4.78 is 0. The molecule has 1 rings (SSSR count). The Morgan fingerprint density at radius 3 is 2.87 bits per heavy atom. The van der Waals surface area contributed by atoms with Crippen LogP contribution in [0, 0.1) is 0 Å². The van der Waals surface area contributed by atoms with E-state index in [-0.39, 0.29) is 0 Å². The molecule has 0 aromatic heterocycles. The van der Waals surface area contributed by atoms with Crippen molar-refractivity contribution in [3.05, 3.63) is 0 Å². The molecule has 1 N–H and O–H groups in total. The Kier molecular flexibility index (Phi) is 6.22. The third-order valence-electron chi connectivity index (χ3n) is 3.26. The van der Waals surface area contributed by atoms with Crippen molar-refractivity contribution in [2.24, 2.45) is 0 Å². The molecular formula is C12H26N2O. The Balaban J connectivity index is 2.23. The zero-order chi connectivity index (χ0) is 11.1. The van der Waals surface area contributed by atoms with Crippen molar-refractivity contribution < 1.29 is 4.84 Å². The highest BCUT2D eigenvalue weighted by molar-refractivity contribution is 4.79. The topological polar surface area (TPSA) is 24.5 Å². The van der Waals surface area contributed by atoms with Crippen LogP contribution in [0.4, 0.5) is 0 Å². The normalized spacial score (nSPS) is 23.6. The molecular weight excluding hydrogens is 188 g/mol. The molecule has 1 aliphatic rings. The molecule has 90 valence electrons. The molecule has 15 heavy (non-hydrogen) atoms. The van der Waals surface area contributed by atoms with E-state index in [0.29, 0.717) is 6.04 Å². The quantitative estimate of drug-likeness (QED) is 0.542. The Bertz CT molecular complexity index is 162. The molecule has 0 spiro atoms. The first kappa shape index (κ1) is 12.9. The van der Waals surface area contributed by atoms with E-state index in [9.17, 15) is 0 Å². The third kappa shape index (κ3) is 4.49.